The topological polar surface area (TPSA) is 47.8 Å². The normalized spacial score (nSPS) is 15.1. The summed E-state index contributed by atoms with van der Waals surface area (Å²) in [6.45, 7) is 0. The summed E-state index contributed by atoms with van der Waals surface area (Å²) in [7, 11) is -3.23. The van der Waals surface area contributed by atoms with E-state index in [0.717, 1.165) is 82.1 Å². The summed E-state index contributed by atoms with van der Waals surface area (Å²) >= 11 is 0. The molecular weight excluding hydrogens is 617 g/mol. The van der Waals surface area contributed by atoms with E-state index in [-0.39, 0.29) is 0 Å². The first-order valence-electron chi connectivity index (χ1n) is 16.5. The molecule has 230 valence electrons. The molecule has 1 atom stereocenters. The van der Waals surface area contributed by atoms with Gasteiger partial charge in [0.1, 0.15) is 0 Å². The highest BCUT2D eigenvalue weighted by Gasteiger charge is 2.43. The second-order valence-electron chi connectivity index (χ2n) is 12.5. The van der Waals surface area contributed by atoms with Crippen LogP contribution in [0.25, 0.3) is 72.2 Å². The van der Waals surface area contributed by atoms with E-state index in [1.807, 2.05) is 66.7 Å². The first-order valence-corrected chi connectivity index (χ1v) is 18.2. The molecule has 0 bridgehead atoms. The Morgan fingerprint density at radius 1 is 0.469 bits per heavy atom. The molecule has 7 aromatic carbocycles. The number of hydrogen-bond donors (Lipinski definition) is 0. The molecule has 9 aromatic rings. The van der Waals surface area contributed by atoms with Crippen molar-refractivity contribution >= 4 is 55.6 Å². The van der Waals surface area contributed by atoms with E-state index in [1.54, 1.807) is 0 Å². The SMILES string of the molecule is O=P1(c2ccccc2)c2ccc3ccccc3c2-c2c1ccc1c3ccccc3n(-c3nc(-c4ccccc4)cc(-c4ccccc4)n3)c21. The van der Waals surface area contributed by atoms with Gasteiger partial charge in [-0.15, -0.1) is 0 Å². The number of fused-ring (bicyclic) bond motifs is 9. The average molecular weight is 646 g/mol. The summed E-state index contributed by atoms with van der Waals surface area (Å²) in [5.74, 6) is 0.572. The molecule has 1 aliphatic rings. The zero-order valence-corrected chi connectivity index (χ0v) is 27.3. The molecule has 0 N–H and O–H groups in total. The summed E-state index contributed by atoms with van der Waals surface area (Å²) in [6.07, 6.45) is 0. The van der Waals surface area contributed by atoms with Gasteiger partial charge < -0.3 is 4.57 Å². The van der Waals surface area contributed by atoms with Gasteiger partial charge in [0, 0.05) is 48.9 Å². The smallest absolute Gasteiger partial charge is 0.235 e. The first-order chi connectivity index (χ1) is 24.2. The standard InChI is InChI=1S/C44H28N3OP/c48-49(32-19-8-3-9-20-32)39-26-24-29-14-10-11-21-33(29)41(39)42-40(49)27-25-35-34-22-12-13-23-38(34)47(43(35)42)44-45-36(30-15-4-1-5-16-30)28-37(46-44)31-17-6-2-7-18-31/h1-28H. The molecule has 49 heavy (non-hydrogen) atoms. The Labute approximate surface area is 283 Å². The molecule has 0 radical (unpaired) electrons. The van der Waals surface area contributed by atoms with Crippen molar-refractivity contribution in [1.82, 2.24) is 14.5 Å². The van der Waals surface area contributed by atoms with Gasteiger partial charge in [-0.2, -0.15) is 0 Å². The molecule has 1 aliphatic heterocycles. The van der Waals surface area contributed by atoms with Crippen LogP contribution in [0.4, 0.5) is 0 Å². The second-order valence-corrected chi connectivity index (χ2v) is 15.2. The largest absolute Gasteiger partial charge is 0.309 e. The van der Waals surface area contributed by atoms with E-state index in [4.69, 9.17) is 9.97 Å². The Morgan fingerprint density at radius 3 is 1.71 bits per heavy atom. The predicted molar refractivity (Wildman–Crippen MR) is 203 cm³/mol. The third kappa shape index (κ3) is 4.08. The Kier molecular flexibility index (Phi) is 6.12. The lowest BCUT2D eigenvalue weighted by Crippen LogP contribution is -2.20. The first kappa shape index (κ1) is 28.0. The van der Waals surface area contributed by atoms with Gasteiger partial charge in [-0.1, -0.05) is 146 Å². The number of benzene rings is 7. The maximum atomic E-state index is 15.8. The zero-order valence-electron chi connectivity index (χ0n) is 26.4. The molecule has 0 spiro atoms. The second kappa shape index (κ2) is 10.7. The van der Waals surface area contributed by atoms with E-state index in [1.165, 1.54) is 0 Å². The minimum absolute atomic E-state index is 0.572. The fourth-order valence-electron chi connectivity index (χ4n) is 7.64. The van der Waals surface area contributed by atoms with Gasteiger partial charge in [0.05, 0.1) is 22.4 Å². The van der Waals surface area contributed by atoms with E-state index in [0.29, 0.717) is 5.95 Å². The highest BCUT2D eigenvalue weighted by Crippen LogP contribution is 2.56. The molecular formula is C44H28N3OP. The van der Waals surface area contributed by atoms with Crippen molar-refractivity contribution < 1.29 is 4.57 Å². The van der Waals surface area contributed by atoms with Gasteiger partial charge in [0.2, 0.25) is 5.95 Å². The van der Waals surface area contributed by atoms with Crippen LogP contribution in [-0.2, 0) is 4.57 Å². The van der Waals surface area contributed by atoms with Crippen LogP contribution in [0.15, 0.2) is 170 Å². The van der Waals surface area contributed by atoms with Gasteiger partial charge in [0.25, 0.3) is 0 Å². The number of nitrogens with zero attached hydrogens (tertiary/aromatic N) is 3. The fourth-order valence-corrected chi connectivity index (χ4v) is 10.7. The zero-order chi connectivity index (χ0) is 32.5. The van der Waals surface area contributed by atoms with Crippen LogP contribution in [0, 0.1) is 0 Å². The maximum absolute atomic E-state index is 15.8. The minimum atomic E-state index is -3.23. The molecule has 0 saturated carbocycles. The average Bonchev–Trinajstić information content (AvgIpc) is 3.66. The number of rotatable bonds is 4. The Bertz CT molecular complexity index is 2730. The van der Waals surface area contributed by atoms with Crippen molar-refractivity contribution in [2.75, 3.05) is 0 Å². The lowest BCUT2D eigenvalue weighted by molar-refractivity contribution is 0.593. The van der Waals surface area contributed by atoms with Crippen molar-refractivity contribution in [3.05, 3.63) is 170 Å². The highest BCUT2D eigenvalue weighted by atomic mass is 31.2. The highest BCUT2D eigenvalue weighted by molar-refractivity contribution is 7.86. The summed E-state index contributed by atoms with van der Waals surface area (Å²) in [5.41, 5.74) is 7.68. The van der Waals surface area contributed by atoms with Crippen LogP contribution in [0.3, 0.4) is 0 Å². The van der Waals surface area contributed by atoms with E-state index in [9.17, 15) is 0 Å². The fraction of sp³-hybridized carbons (Fsp3) is 0. The summed E-state index contributed by atoms with van der Waals surface area (Å²) in [4.78, 5) is 10.6. The molecule has 3 heterocycles. The van der Waals surface area contributed by atoms with Crippen molar-refractivity contribution in [1.29, 1.82) is 0 Å². The van der Waals surface area contributed by atoms with Gasteiger partial charge in [-0.05, 0) is 35.0 Å². The van der Waals surface area contributed by atoms with Crippen LogP contribution < -0.4 is 15.9 Å². The molecule has 0 saturated heterocycles. The van der Waals surface area contributed by atoms with Crippen LogP contribution in [0.2, 0.25) is 0 Å². The maximum Gasteiger partial charge on any atom is 0.235 e. The van der Waals surface area contributed by atoms with Crippen molar-refractivity contribution in [2.45, 2.75) is 0 Å². The van der Waals surface area contributed by atoms with Crippen LogP contribution in [-0.4, -0.2) is 14.5 Å². The lowest BCUT2D eigenvalue weighted by Gasteiger charge is -2.16. The Balaban J connectivity index is 1.39. The van der Waals surface area contributed by atoms with Crippen LogP contribution in [0.5, 0.6) is 0 Å². The van der Waals surface area contributed by atoms with Gasteiger partial charge in [-0.3, -0.25) is 4.57 Å². The summed E-state index contributed by atoms with van der Waals surface area (Å²) in [5, 5.41) is 6.93. The molecule has 10 rings (SSSR count). The summed E-state index contributed by atoms with van der Waals surface area (Å²) in [6, 6.07) is 57.9. The van der Waals surface area contributed by atoms with Crippen molar-refractivity contribution in [3.63, 3.8) is 0 Å². The number of aromatic nitrogens is 3. The molecule has 5 heteroatoms. The van der Waals surface area contributed by atoms with Crippen LogP contribution in [0.1, 0.15) is 0 Å². The molecule has 2 aromatic heterocycles. The van der Waals surface area contributed by atoms with Crippen molar-refractivity contribution in [3.8, 4) is 39.6 Å². The molecule has 1 unspecified atom stereocenters. The molecule has 0 fully saturated rings. The quantitative estimate of drug-likeness (QED) is 0.179. The third-order valence-electron chi connectivity index (χ3n) is 9.82. The molecule has 0 amide bonds. The van der Waals surface area contributed by atoms with Gasteiger partial charge >= 0.3 is 0 Å². The summed E-state index contributed by atoms with van der Waals surface area (Å²) < 4.78 is 18.1. The number of para-hydroxylation sites is 1. The van der Waals surface area contributed by atoms with Gasteiger partial charge in [0.15, 0.2) is 7.14 Å². The monoisotopic (exact) mass is 645 g/mol. The van der Waals surface area contributed by atoms with Gasteiger partial charge in [-0.25, -0.2) is 9.97 Å². The number of hydrogen-bond acceptors (Lipinski definition) is 3. The molecule has 4 nitrogen and oxygen atoms in total. The van der Waals surface area contributed by atoms with Crippen LogP contribution >= 0.6 is 7.14 Å². The minimum Gasteiger partial charge on any atom is -0.309 e. The third-order valence-corrected chi connectivity index (χ3v) is 13.0. The van der Waals surface area contributed by atoms with E-state index >= 15 is 4.57 Å². The lowest BCUT2D eigenvalue weighted by atomic mass is 9.96. The molecule has 0 aliphatic carbocycles. The Hall–Kier alpha value is -6.09. The Morgan fingerprint density at radius 2 is 1.02 bits per heavy atom. The van der Waals surface area contributed by atoms with E-state index in [2.05, 4.69) is 108 Å². The van der Waals surface area contributed by atoms with E-state index < -0.39 is 7.14 Å². The van der Waals surface area contributed by atoms with Crippen molar-refractivity contribution in [2.24, 2.45) is 0 Å². The predicted octanol–water partition coefficient (Wildman–Crippen LogP) is 9.68.